The Morgan fingerprint density at radius 3 is 2.71 bits per heavy atom. The molecule has 17 heavy (non-hydrogen) atoms. The molecule has 3 nitrogen and oxygen atoms in total. The maximum atomic E-state index is 9.30. The molecular formula is C14H30N2O. The van der Waals surface area contributed by atoms with E-state index < -0.39 is 0 Å². The third-order valence-electron chi connectivity index (χ3n) is 4.12. The zero-order valence-corrected chi connectivity index (χ0v) is 11.8. The zero-order valence-electron chi connectivity index (χ0n) is 11.8. The van der Waals surface area contributed by atoms with E-state index in [1.165, 1.54) is 19.5 Å². The Bertz CT molecular complexity index is 199. The number of likely N-dealkylation sites (tertiary alicyclic amines) is 1. The lowest BCUT2D eigenvalue weighted by atomic mass is 9.88. The highest BCUT2D eigenvalue weighted by Crippen LogP contribution is 2.22. The van der Waals surface area contributed by atoms with E-state index >= 15 is 0 Å². The fourth-order valence-electron chi connectivity index (χ4n) is 2.50. The fourth-order valence-corrected chi connectivity index (χ4v) is 2.50. The van der Waals surface area contributed by atoms with E-state index in [2.05, 4.69) is 31.0 Å². The summed E-state index contributed by atoms with van der Waals surface area (Å²) in [5.41, 5.74) is 0. The van der Waals surface area contributed by atoms with Gasteiger partial charge in [0, 0.05) is 12.6 Å². The van der Waals surface area contributed by atoms with Crippen molar-refractivity contribution < 1.29 is 5.11 Å². The van der Waals surface area contributed by atoms with Crippen LogP contribution in [0.1, 0.15) is 40.0 Å². The zero-order chi connectivity index (χ0) is 12.7. The van der Waals surface area contributed by atoms with Crippen molar-refractivity contribution in [2.75, 3.05) is 32.8 Å². The molecule has 0 radical (unpaired) electrons. The summed E-state index contributed by atoms with van der Waals surface area (Å²) in [4.78, 5) is 2.56. The minimum absolute atomic E-state index is 0.264. The minimum atomic E-state index is 0.264. The molecule has 0 amide bonds. The summed E-state index contributed by atoms with van der Waals surface area (Å²) < 4.78 is 0. The Morgan fingerprint density at radius 1 is 1.35 bits per heavy atom. The van der Waals surface area contributed by atoms with E-state index in [4.69, 9.17) is 0 Å². The molecule has 1 aliphatic rings. The van der Waals surface area contributed by atoms with E-state index in [1.54, 1.807) is 0 Å². The van der Waals surface area contributed by atoms with Gasteiger partial charge < -0.3 is 15.3 Å². The molecule has 1 rings (SSSR count). The maximum absolute atomic E-state index is 9.30. The van der Waals surface area contributed by atoms with Crippen LogP contribution >= 0.6 is 0 Å². The van der Waals surface area contributed by atoms with Crippen molar-refractivity contribution in [1.29, 1.82) is 0 Å². The number of piperidine rings is 1. The molecule has 1 heterocycles. The lowest BCUT2D eigenvalue weighted by Gasteiger charge is -2.35. The Hall–Kier alpha value is -0.120. The summed E-state index contributed by atoms with van der Waals surface area (Å²) in [7, 11) is 0. The fraction of sp³-hybridized carbons (Fsp3) is 1.00. The second-order valence-electron chi connectivity index (χ2n) is 5.67. The van der Waals surface area contributed by atoms with Gasteiger partial charge in [0.1, 0.15) is 0 Å². The molecule has 0 bridgehead atoms. The monoisotopic (exact) mass is 242 g/mol. The van der Waals surface area contributed by atoms with Gasteiger partial charge in [0.25, 0.3) is 0 Å². The van der Waals surface area contributed by atoms with Crippen LogP contribution in [0.2, 0.25) is 0 Å². The highest BCUT2D eigenvalue weighted by molar-refractivity contribution is 4.76. The molecule has 1 fully saturated rings. The first-order chi connectivity index (χ1) is 8.17. The molecule has 3 unspecified atom stereocenters. The van der Waals surface area contributed by atoms with Gasteiger partial charge in [-0.1, -0.05) is 20.8 Å². The molecule has 3 atom stereocenters. The molecule has 3 heteroatoms. The van der Waals surface area contributed by atoms with Gasteiger partial charge >= 0.3 is 0 Å². The van der Waals surface area contributed by atoms with E-state index in [-0.39, 0.29) is 12.6 Å². The lowest BCUT2D eigenvalue weighted by molar-refractivity contribution is 0.127. The smallest absolute Gasteiger partial charge is 0.0585 e. The van der Waals surface area contributed by atoms with Crippen LogP contribution in [0.5, 0.6) is 0 Å². The molecule has 0 saturated carbocycles. The molecule has 1 saturated heterocycles. The second kappa shape index (κ2) is 8.06. The van der Waals surface area contributed by atoms with Gasteiger partial charge in [0.2, 0.25) is 0 Å². The number of aliphatic hydroxyl groups excluding tert-OH is 1. The number of nitrogens with zero attached hydrogens (tertiary/aromatic N) is 1. The molecule has 0 aliphatic carbocycles. The molecular weight excluding hydrogens is 212 g/mol. The van der Waals surface area contributed by atoms with Gasteiger partial charge in [-0.3, -0.25) is 0 Å². The normalized spacial score (nSPS) is 28.2. The van der Waals surface area contributed by atoms with Gasteiger partial charge in [-0.25, -0.2) is 0 Å². The highest BCUT2D eigenvalue weighted by atomic mass is 16.3. The van der Waals surface area contributed by atoms with Crippen LogP contribution < -0.4 is 5.32 Å². The van der Waals surface area contributed by atoms with E-state index in [0.717, 1.165) is 37.8 Å². The topological polar surface area (TPSA) is 35.5 Å². The molecule has 0 aromatic heterocycles. The van der Waals surface area contributed by atoms with Crippen molar-refractivity contribution in [3.63, 3.8) is 0 Å². The Balaban J connectivity index is 2.20. The maximum Gasteiger partial charge on any atom is 0.0585 e. The summed E-state index contributed by atoms with van der Waals surface area (Å²) in [6.45, 7) is 11.7. The first kappa shape index (κ1) is 14.9. The van der Waals surface area contributed by atoms with Crippen molar-refractivity contribution in [3.8, 4) is 0 Å². The van der Waals surface area contributed by atoms with Gasteiger partial charge in [-0.2, -0.15) is 0 Å². The van der Waals surface area contributed by atoms with Crippen LogP contribution in [0.3, 0.4) is 0 Å². The Labute approximate surface area is 107 Å². The molecule has 0 aromatic carbocycles. The Morgan fingerprint density at radius 2 is 2.12 bits per heavy atom. The quantitative estimate of drug-likeness (QED) is 0.713. The minimum Gasteiger partial charge on any atom is -0.395 e. The van der Waals surface area contributed by atoms with Gasteiger partial charge in [0.05, 0.1) is 6.61 Å². The summed E-state index contributed by atoms with van der Waals surface area (Å²) in [5.74, 6) is 1.69. The van der Waals surface area contributed by atoms with Crippen LogP contribution in [-0.4, -0.2) is 48.8 Å². The van der Waals surface area contributed by atoms with Gasteiger partial charge in [-0.05, 0) is 50.7 Å². The first-order valence-corrected chi connectivity index (χ1v) is 7.24. The average Bonchev–Trinajstić information content (AvgIpc) is 2.34. The van der Waals surface area contributed by atoms with Crippen molar-refractivity contribution in [2.24, 2.45) is 11.8 Å². The van der Waals surface area contributed by atoms with Crippen molar-refractivity contribution in [1.82, 2.24) is 10.2 Å². The third kappa shape index (κ3) is 5.36. The number of rotatable bonds is 7. The second-order valence-corrected chi connectivity index (χ2v) is 5.67. The Kier molecular flexibility index (Phi) is 7.09. The highest BCUT2D eigenvalue weighted by Gasteiger charge is 2.22. The van der Waals surface area contributed by atoms with Crippen LogP contribution in [0.4, 0.5) is 0 Å². The molecule has 1 aliphatic heterocycles. The summed E-state index contributed by atoms with van der Waals surface area (Å²) >= 11 is 0. The van der Waals surface area contributed by atoms with Gasteiger partial charge in [0.15, 0.2) is 0 Å². The molecule has 102 valence electrons. The SMILES string of the molecule is CCCNC(CO)CCN1CCC(C)C(C)C1. The third-order valence-corrected chi connectivity index (χ3v) is 4.12. The summed E-state index contributed by atoms with van der Waals surface area (Å²) in [6.07, 6.45) is 3.53. The van der Waals surface area contributed by atoms with E-state index in [1.807, 2.05) is 0 Å². The van der Waals surface area contributed by atoms with Gasteiger partial charge in [-0.15, -0.1) is 0 Å². The van der Waals surface area contributed by atoms with E-state index in [9.17, 15) is 5.11 Å². The van der Waals surface area contributed by atoms with Crippen LogP contribution in [-0.2, 0) is 0 Å². The summed E-state index contributed by atoms with van der Waals surface area (Å²) in [5, 5.41) is 12.7. The molecule has 0 spiro atoms. The average molecular weight is 242 g/mol. The lowest BCUT2D eigenvalue weighted by Crippen LogP contribution is -2.42. The largest absolute Gasteiger partial charge is 0.395 e. The standard InChI is InChI=1S/C14H30N2O/c1-4-7-15-14(11-17)6-9-16-8-5-12(2)13(3)10-16/h12-15,17H,4-11H2,1-3H3. The molecule has 0 aromatic rings. The number of nitrogens with one attached hydrogen (secondary N) is 1. The van der Waals surface area contributed by atoms with E-state index in [0.29, 0.717) is 0 Å². The first-order valence-electron chi connectivity index (χ1n) is 7.24. The van der Waals surface area contributed by atoms with Crippen molar-refractivity contribution in [2.45, 2.75) is 46.1 Å². The van der Waals surface area contributed by atoms with Crippen molar-refractivity contribution in [3.05, 3.63) is 0 Å². The van der Waals surface area contributed by atoms with Crippen LogP contribution in [0.25, 0.3) is 0 Å². The predicted molar refractivity (Wildman–Crippen MR) is 73.2 cm³/mol. The van der Waals surface area contributed by atoms with Crippen LogP contribution in [0, 0.1) is 11.8 Å². The molecule has 2 N–H and O–H groups in total. The number of aliphatic hydroxyl groups is 1. The predicted octanol–water partition coefficient (Wildman–Crippen LogP) is 1.71. The van der Waals surface area contributed by atoms with Crippen molar-refractivity contribution >= 4 is 0 Å². The summed E-state index contributed by atoms with van der Waals surface area (Å²) in [6, 6.07) is 0.282. The van der Waals surface area contributed by atoms with Crippen LogP contribution in [0.15, 0.2) is 0 Å². The number of hydrogen-bond acceptors (Lipinski definition) is 3. The number of hydrogen-bond donors (Lipinski definition) is 2.